The van der Waals surface area contributed by atoms with E-state index in [1.807, 2.05) is 36.5 Å². The van der Waals surface area contributed by atoms with Gasteiger partial charge in [-0.15, -0.1) is 0 Å². The number of carbonyl (C=O) groups excluding carboxylic acids is 3. The van der Waals surface area contributed by atoms with Crippen LogP contribution in [0, 0.1) is 0 Å². The Hall–Kier alpha value is -4.03. The molecule has 1 aromatic heterocycles. The predicted molar refractivity (Wildman–Crippen MR) is 117 cm³/mol. The zero-order valence-corrected chi connectivity index (χ0v) is 17.4. The fourth-order valence-electron chi connectivity index (χ4n) is 3.70. The molecular weight excluding hydrogens is 428 g/mol. The van der Waals surface area contributed by atoms with E-state index >= 15 is 0 Å². The van der Waals surface area contributed by atoms with Crippen LogP contribution in [0.4, 0.5) is 0 Å². The zero-order chi connectivity index (χ0) is 22.2. The summed E-state index contributed by atoms with van der Waals surface area (Å²) in [5.41, 5.74) is 2.52. The number of ketones is 2. The molecule has 0 amide bonds. The first-order valence-electron chi connectivity index (χ1n) is 9.81. The van der Waals surface area contributed by atoms with Crippen molar-refractivity contribution in [1.29, 1.82) is 0 Å². The summed E-state index contributed by atoms with van der Waals surface area (Å²) in [6, 6.07) is 18.6. The van der Waals surface area contributed by atoms with Crippen molar-refractivity contribution in [2.45, 2.75) is 6.61 Å². The summed E-state index contributed by atoms with van der Waals surface area (Å²) in [5, 5.41) is 4.09. The van der Waals surface area contributed by atoms with Crippen molar-refractivity contribution >= 4 is 29.1 Å². The molecule has 0 aliphatic heterocycles. The Kier molecular flexibility index (Phi) is 4.92. The molecule has 0 radical (unpaired) electrons. The molecule has 0 bridgehead atoms. The summed E-state index contributed by atoms with van der Waals surface area (Å²) >= 11 is 6.42. The van der Waals surface area contributed by atoms with Crippen LogP contribution in [0.15, 0.2) is 79.1 Å². The standard InChI is InChI=1S/C25H15ClN2O4/c26-22-20(11-10-19-21(22)24(30)18-5-2-1-4-17(18)23(19)29)25(31)32-14-15-6-8-16(9-7-15)28-13-3-12-27-28/h1-13H,14H2. The number of carbonyl (C=O) groups is 3. The molecule has 1 aliphatic carbocycles. The second kappa shape index (κ2) is 7.90. The number of esters is 1. The molecule has 3 aromatic carbocycles. The molecule has 7 heteroatoms. The van der Waals surface area contributed by atoms with E-state index in [9.17, 15) is 14.4 Å². The van der Waals surface area contributed by atoms with E-state index in [0.717, 1.165) is 11.3 Å². The molecule has 32 heavy (non-hydrogen) atoms. The first-order chi connectivity index (χ1) is 15.5. The van der Waals surface area contributed by atoms with Gasteiger partial charge in [0.15, 0.2) is 11.6 Å². The van der Waals surface area contributed by atoms with Crippen LogP contribution in [0.5, 0.6) is 0 Å². The van der Waals surface area contributed by atoms with E-state index in [1.165, 1.54) is 12.1 Å². The maximum absolute atomic E-state index is 13.0. The van der Waals surface area contributed by atoms with Gasteiger partial charge in [0.1, 0.15) is 6.61 Å². The maximum Gasteiger partial charge on any atom is 0.340 e. The number of halogens is 1. The lowest BCUT2D eigenvalue weighted by molar-refractivity contribution is 0.0472. The molecule has 0 atom stereocenters. The van der Waals surface area contributed by atoms with Crippen LogP contribution >= 0.6 is 11.6 Å². The van der Waals surface area contributed by atoms with E-state index in [-0.39, 0.29) is 45.4 Å². The first kappa shape index (κ1) is 19.9. The van der Waals surface area contributed by atoms with Crippen LogP contribution in [-0.2, 0) is 11.3 Å². The Morgan fingerprint density at radius 2 is 1.59 bits per heavy atom. The third-order valence-corrected chi connectivity index (χ3v) is 5.72. The monoisotopic (exact) mass is 442 g/mol. The smallest absolute Gasteiger partial charge is 0.340 e. The average Bonchev–Trinajstić information content (AvgIpc) is 3.36. The summed E-state index contributed by atoms with van der Waals surface area (Å²) in [5.74, 6) is -1.36. The number of benzene rings is 3. The van der Waals surface area contributed by atoms with Crippen molar-refractivity contribution in [2.75, 3.05) is 0 Å². The highest BCUT2D eigenvalue weighted by atomic mass is 35.5. The molecule has 1 heterocycles. The van der Waals surface area contributed by atoms with Crippen LogP contribution in [-0.4, -0.2) is 27.3 Å². The SMILES string of the molecule is O=C(OCc1ccc(-n2cccn2)cc1)c1ccc2c(c1Cl)C(=O)c1ccccc1C2=O. The third-order valence-electron chi connectivity index (χ3n) is 5.33. The van der Waals surface area contributed by atoms with Crippen molar-refractivity contribution in [3.05, 3.63) is 118 Å². The van der Waals surface area contributed by atoms with Crippen LogP contribution in [0.25, 0.3) is 5.69 Å². The molecule has 156 valence electrons. The fourth-order valence-corrected chi connectivity index (χ4v) is 4.02. The summed E-state index contributed by atoms with van der Waals surface area (Å²) in [6.07, 6.45) is 3.52. The predicted octanol–water partition coefficient (Wildman–Crippen LogP) is 4.66. The van der Waals surface area contributed by atoms with Gasteiger partial charge >= 0.3 is 5.97 Å². The largest absolute Gasteiger partial charge is 0.457 e. The zero-order valence-electron chi connectivity index (χ0n) is 16.6. The Bertz CT molecular complexity index is 1380. The van der Waals surface area contributed by atoms with Crippen LogP contribution in [0.3, 0.4) is 0 Å². The van der Waals surface area contributed by atoms with E-state index in [4.69, 9.17) is 16.3 Å². The van der Waals surface area contributed by atoms with Gasteiger partial charge in [-0.3, -0.25) is 9.59 Å². The maximum atomic E-state index is 13.0. The molecule has 0 N–H and O–H groups in total. The van der Waals surface area contributed by atoms with Crippen molar-refractivity contribution in [3.63, 3.8) is 0 Å². The van der Waals surface area contributed by atoms with Gasteiger partial charge in [-0.2, -0.15) is 5.10 Å². The van der Waals surface area contributed by atoms with Crippen molar-refractivity contribution in [1.82, 2.24) is 9.78 Å². The summed E-state index contributed by atoms with van der Waals surface area (Å²) < 4.78 is 7.13. The minimum absolute atomic E-state index is 0.0291. The molecule has 0 fully saturated rings. The number of hydrogen-bond donors (Lipinski definition) is 0. The van der Waals surface area contributed by atoms with Gasteiger partial charge in [0.05, 0.1) is 21.8 Å². The lowest BCUT2D eigenvalue weighted by atomic mass is 9.83. The highest BCUT2D eigenvalue weighted by molar-refractivity contribution is 6.41. The molecule has 6 nitrogen and oxygen atoms in total. The van der Waals surface area contributed by atoms with Gasteiger partial charge in [-0.1, -0.05) is 48.0 Å². The average molecular weight is 443 g/mol. The van der Waals surface area contributed by atoms with Crippen molar-refractivity contribution in [2.24, 2.45) is 0 Å². The van der Waals surface area contributed by atoms with Crippen molar-refractivity contribution < 1.29 is 19.1 Å². The number of nitrogens with zero attached hydrogens (tertiary/aromatic N) is 2. The van der Waals surface area contributed by atoms with Crippen LogP contribution < -0.4 is 0 Å². The Balaban J connectivity index is 1.37. The number of aromatic nitrogens is 2. The highest BCUT2D eigenvalue weighted by Crippen LogP contribution is 2.34. The van der Waals surface area contributed by atoms with E-state index < -0.39 is 5.97 Å². The first-order valence-corrected chi connectivity index (χ1v) is 10.2. The minimum Gasteiger partial charge on any atom is -0.457 e. The quantitative estimate of drug-likeness (QED) is 0.378. The number of hydrogen-bond acceptors (Lipinski definition) is 5. The molecule has 0 saturated carbocycles. The van der Waals surface area contributed by atoms with Gasteiger partial charge in [-0.25, -0.2) is 9.48 Å². The third kappa shape index (κ3) is 3.31. The summed E-state index contributed by atoms with van der Waals surface area (Å²) in [7, 11) is 0. The molecule has 0 spiro atoms. The van der Waals surface area contributed by atoms with E-state index in [0.29, 0.717) is 5.56 Å². The summed E-state index contributed by atoms with van der Waals surface area (Å²) in [4.78, 5) is 38.4. The summed E-state index contributed by atoms with van der Waals surface area (Å²) in [6.45, 7) is 0.0291. The molecular formula is C25H15ClN2O4. The minimum atomic E-state index is -0.673. The Morgan fingerprint density at radius 1 is 0.875 bits per heavy atom. The number of fused-ring (bicyclic) bond motifs is 2. The topological polar surface area (TPSA) is 78.3 Å². The lowest BCUT2D eigenvalue weighted by Gasteiger charge is -2.19. The normalized spacial score (nSPS) is 12.3. The molecule has 1 aliphatic rings. The number of ether oxygens (including phenoxy) is 1. The second-order valence-corrected chi connectivity index (χ2v) is 7.62. The fraction of sp³-hybridized carbons (Fsp3) is 0.0400. The highest BCUT2D eigenvalue weighted by Gasteiger charge is 2.33. The van der Waals surface area contributed by atoms with E-state index in [2.05, 4.69) is 5.10 Å². The number of rotatable bonds is 4. The molecule has 5 rings (SSSR count). The van der Waals surface area contributed by atoms with Crippen LogP contribution in [0.1, 0.15) is 47.8 Å². The molecule has 0 unspecified atom stereocenters. The Labute approximate surface area is 188 Å². The van der Waals surface area contributed by atoms with Crippen LogP contribution in [0.2, 0.25) is 5.02 Å². The van der Waals surface area contributed by atoms with Gasteiger partial charge in [0.2, 0.25) is 0 Å². The lowest BCUT2D eigenvalue weighted by Crippen LogP contribution is -2.22. The van der Waals surface area contributed by atoms with Crippen molar-refractivity contribution in [3.8, 4) is 5.69 Å². The van der Waals surface area contributed by atoms with Gasteiger partial charge < -0.3 is 4.74 Å². The van der Waals surface area contributed by atoms with Gasteiger partial charge in [0.25, 0.3) is 0 Å². The van der Waals surface area contributed by atoms with Gasteiger partial charge in [-0.05, 0) is 35.9 Å². The Morgan fingerprint density at radius 3 is 2.28 bits per heavy atom. The van der Waals surface area contributed by atoms with E-state index in [1.54, 1.807) is 35.1 Å². The molecule has 4 aromatic rings. The van der Waals surface area contributed by atoms with Gasteiger partial charge in [0, 0.05) is 29.1 Å². The second-order valence-electron chi connectivity index (χ2n) is 7.25. The molecule has 0 saturated heterocycles.